The number of ether oxygens (including phenoxy) is 4. The van der Waals surface area contributed by atoms with Crippen LogP contribution in [0.3, 0.4) is 0 Å². The molecule has 1 aliphatic heterocycles. The van der Waals surface area contributed by atoms with Gasteiger partial charge in [0, 0.05) is 30.5 Å². The van der Waals surface area contributed by atoms with E-state index in [-0.39, 0.29) is 48.1 Å². The van der Waals surface area contributed by atoms with Gasteiger partial charge in [-0.3, -0.25) is 0 Å². The van der Waals surface area contributed by atoms with Crippen molar-refractivity contribution in [3.63, 3.8) is 0 Å². The Labute approximate surface area is 305 Å². The third kappa shape index (κ3) is 10.2. The van der Waals surface area contributed by atoms with Crippen LogP contribution in [0.25, 0.3) is 0 Å². The molecule has 0 spiro atoms. The minimum atomic E-state index is -4.59. The summed E-state index contributed by atoms with van der Waals surface area (Å²) < 4.78 is 101. The Kier molecular flexibility index (Phi) is 12.3. The second kappa shape index (κ2) is 16.5. The smallest absolute Gasteiger partial charge is 0.453 e. The fourth-order valence-electron chi connectivity index (χ4n) is 5.51. The lowest BCUT2D eigenvalue weighted by molar-refractivity contribution is -0.202. The second-order valence-corrected chi connectivity index (χ2v) is 12.8. The minimum Gasteiger partial charge on any atom is -0.459 e. The number of alkyl halides is 6. The van der Waals surface area contributed by atoms with Crippen molar-refractivity contribution < 1.29 is 60.0 Å². The number of carbonyl (C=O) groups is 2. The normalized spacial score (nSPS) is 14.7. The summed E-state index contributed by atoms with van der Waals surface area (Å²) in [5, 5.41) is 14.3. The maximum Gasteiger partial charge on any atom is 0.453 e. The molecule has 0 amide bonds. The maximum atomic E-state index is 13.5. The maximum absolute atomic E-state index is 13.5. The molecule has 53 heavy (non-hydrogen) atoms. The standard InChI is InChI=1S/C38H34ClF6NO7/c1-23(46-22-31(47)27-7-4-10-30(39)21-27)17-26-11-12-32-33(20-26)53-36(52-32,34(48)50-15-13-24-5-2-8-28(18-24)37(40,41)42)35(49)51-16-14-25-6-3-9-29(19-25)38(43,44)45/h2-12,18-21,23,31,46-47H,13-17,22H2,1H3/t23-,31+/m1/s1. The van der Waals surface area contributed by atoms with Gasteiger partial charge in [0.05, 0.1) is 30.4 Å². The molecule has 1 aliphatic rings. The molecule has 0 aliphatic carbocycles. The van der Waals surface area contributed by atoms with E-state index in [0.29, 0.717) is 22.6 Å². The van der Waals surface area contributed by atoms with E-state index in [1.54, 1.807) is 30.3 Å². The highest BCUT2D eigenvalue weighted by Crippen LogP contribution is 2.42. The molecule has 0 fully saturated rings. The van der Waals surface area contributed by atoms with Crippen molar-refractivity contribution in [2.45, 2.75) is 56.5 Å². The Bertz CT molecular complexity index is 1840. The number of aliphatic hydroxyl groups excluding tert-OH is 1. The SMILES string of the molecule is C[C@H](Cc1ccc2c(c1)OC(C(=O)OCCc1cccc(C(F)(F)F)c1)(C(=O)OCCc1cccc(C(F)(F)F)c1)O2)NC[C@H](O)c1cccc(Cl)c1. The third-order valence-electron chi connectivity index (χ3n) is 8.24. The first-order valence-corrected chi connectivity index (χ1v) is 16.8. The predicted octanol–water partition coefficient (Wildman–Crippen LogP) is 7.67. The van der Waals surface area contributed by atoms with Crippen molar-refractivity contribution in [3.8, 4) is 11.5 Å². The molecule has 1 heterocycles. The molecule has 4 aromatic rings. The van der Waals surface area contributed by atoms with Gasteiger partial charge >= 0.3 is 30.1 Å². The van der Waals surface area contributed by atoms with E-state index in [9.17, 15) is 41.0 Å². The topological polar surface area (TPSA) is 103 Å². The van der Waals surface area contributed by atoms with Crippen molar-refractivity contribution in [1.29, 1.82) is 0 Å². The Morgan fingerprint density at radius 1 is 0.755 bits per heavy atom. The Balaban J connectivity index is 1.27. The fourth-order valence-corrected chi connectivity index (χ4v) is 5.71. The summed E-state index contributed by atoms with van der Waals surface area (Å²) in [6.45, 7) is 1.17. The molecule has 15 heteroatoms. The van der Waals surface area contributed by atoms with Gasteiger partial charge in [0.2, 0.25) is 0 Å². The highest BCUT2D eigenvalue weighted by molar-refractivity contribution is 6.30. The largest absolute Gasteiger partial charge is 0.459 e. The molecule has 2 N–H and O–H groups in total. The lowest BCUT2D eigenvalue weighted by Gasteiger charge is -2.23. The predicted molar refractivity (Wildman–Crippen MR) is 180 cm³/mol. The number of benzene rings is 4. The molecular weight excluding hydrogens is 732 g/mol. The number of hydrogen-bond donors (Lipinski definition) is 2. The number of nitrogens with one attached hydrogen (secondary N) is 1. The number of hydrogen-bond acceptors (Lipinski definition) is 8. The monoisotopic (exact) mass is 765 g/mol. The summed E-state index contributed by atoms with van der Waals surface area (Å²) in [6, 6.07) is 20.2. The van der Waals surface area contributed by atoms with E-state index < -0.39 is 60.5 Å². The molecule has 0 saturated heterocycles. The van der Waals surface area contributed by atoms with Crippen LogP contribution in [0.15, 0.2) is 91.0 Å². The lowest BCUT2D eigenvalue weighted by atomic mass is 10.1. The Morgan fingerprint density at radius 3 is 1.85 bits per heavy atom. The second-order valence-electron chi connectivity index (χ2n) is 12.4. The van der Waals surface area contributed by atoms with E-state index in [1.807, 2.05) is 6.92 Å². The number of aliphatic hydroxyl groups is 1. The van der Waals surface area contributed by atoms with E-state index in [4.69, 9.17) is 30.5 Å². The van der Waals surface area contributed by atoms with Crippen molar-refractivity contribution in [1.82, 2.24) is 5.32 Å². The first-order chi connectivity index (χ1) is 25.0. The first-order valence-electron chi connectivity index (χ1n) is 16.4. The number of rotatable bonds is 14. The van der Waals surface area contributed by atoms with Crippen molar-refractivity contribution in [2.24, 2.45) is 0 Å². The van der Waals surface area contributed by atoms with Gasteiger partial charge in [-0.25, -0.2) is 9.59 Å². The molecule has 0 saturated carbocycles. The van der Waals surface area contributed by atoms with Crippen LogP contribution in [0.4, 0.5) is 26.3 Å². The van der Waals surface area contributed by atoms with Gasteiger partial charge in [0.25, 0.3) is 0 Å². The third-order valence-corrected chi connectivity index (χ3v) is 8.48. The zero-order valence-electron chi connectivity index (χ0n) is 28.1. The van der Waals surface area contributed by atoms with Gasteiger partial charge in [-0.15, -0.1) is 0 Å². The van der Waals surface area contributed by atoms with E-state index in [1.165, 1.54) is 36.4 Å². The van der Waals surface area contributed by atoms with E-state index >= 15 is 0 Å². The van der Waals surface area contributed by atoms with Crippen molar-refractivity contribution in [2.75, 3.05) is 19.8 Å². The molecule has 2 atom stereocenters. The quantitative estimate of drug-likeness (QED) is 0.0767. The molecule has 0 unspecified atom stereocenters. The van der Waals surface area contributed by atoms with Gasteiger partial charge < -0.3 is 29.4 Å². The number of carbonyl (C=O) groups excluding carboxylic acids is 2. The minimum absolute atomic E-state index is 0.0154. The molecule has 0 radical (unpaired) electrons. The zero-order chi connectivity index (χ0) is 38.4. The van der Waals surface area contributed by atoms with Crippen LogP contribution in [0.1, 0.15) is 46.4 Å². The van der Waals surface area contributed by atoms with Crippen molar-refractivity contribution >= 4 is 23.5 Å². The number of esters is 2. The van der Waals surface area contributed by atoms with Crippen LogP contribution >= 0.6 is 11.6 Å². The average Bonchev–Trinajstić information content (AvgIpc) is 3.50. The van der Waals surface area contributed by atoms with Crippen LogP contribution in [0, 0.1) is 0 Å². The summed E-state index contributed by atoms with van der Waals surface area (Å²) in [5.74, 6) is -5.55. The molecule has 4 aromatic carbocycles. The number of fused-ring (bicyclic) bond motifs is 1. The average molecular weight is 766 g/mol. The van der Waals surface area contributed by atoms with Crippen molar-refractivity contribution in [3.05, 3.63) is 129 Å². The van der Waals surface area contributed by atoms with Crippen LogP contribution in [-0.2, 0) is 50.7 Å². The highest BCUT2D eigenvalue weighted by Gasteiger charge is 2.60. The van der Waals surface area contributed by atoms with Gasteiger partial charge in [-0.2, -0.15) is 26.3 Å². The lowest BCUT2D eigenvalue weighted by Crippen LogP contribution is -2.56. The van der Waals surface area contributed by atoms with Crippen LogP contribution in [0.5, 0.6) is 11.5 Å². The molecule has 0 bridgehead atoms. The van der Waals surface area contributed by atoms with Gasteiger partial charge in [-0.05, 0) is 72.0 Å². The van der Waals surface area contributed by atoms with Crippen LogP contribution < -0.4 is 14.8 Å². The molecule has 5 rings (SSSR count). The summed E-state index contributed by atoms with van der Waals surface area (Å²) in [7, 11) is 0. The van der Waals surface area contributed by atoms with E-state index in [2.05, 4.69) is 5.32 Å². The Hall–Kier alpha value is -4.79. The molecule has 282 valence electrons. The fraction of sp³-hybridized carbons (Fsp3) is 0.316. The van der Waals surface area contributed by atoms with Gasteiger partial charge in [0.15, 0.2) is 11.5 Å². The van der Waals surface area contributed by atoms with Gasteiger partial charge in [0.1, 0.15) is 0 Å². The van der Waals surface area contributed by atoms with E-state index in [0.717, 1.165) is 24.3 Å². The van der Waals surface area contributed by atoms with Gasteiger partial charge in [-0.1, -0.05) is 66.2 Å². The summed E-state index contributed by atoms with van der Waals surface area (Å²) in [5.41, 5.74) is -0.0460. The Morgan fingerprint density at radius 2 is 1.30 bits per heavy atom. The summed E-state index contributed by atoms with van der Waals surface area (Å²) >= 11 is 6.02. The van der Waals surface area contributed by atoms with Crippen LogP contribution in [-0.4, -0.2) is 48.6 Å². The molecule has 8 nitrogen and oxygen atoms in total. The van der Waals surface area contributed by atoms with Crippen LogP contribution in [0.2, 0.25) is 5.02 Å². The highest BCUT2D eigenvalue weighted by atomic mass is 35.5. The summed E-state index contributed by atoms with van der Waals surface area (Å²) in [4.78, 5) is 27.0. The summed E-state index contributed by atoms with van der Waals surface area (Å²) in [6.07, 6.45) is -9.88. The zero-order valence-corrected chi connectivity index (χ0v) is 28.9. The molecule has 0 aromatic heterocycles. The first kappa shape index (κ1) is 39.4. The number of halogens is 7. The molecular formula is C38H34ClF6NO7.